The first kappa shape index (κ1) is 31.7. The number of unbranched alkanes of at least 4 members (excludes halogenated alkanes) is 1. The summed E-state index contributed by atoms with van der Waals surface area (Å²) >= 11 is 0. The number of ether oxygens (including phenoxy) is 2. The van der Waals surface area contributed by atoms with E-state index in [1.807, 2.05) is 72.8 Å². The Hall–Kier alpha value is -4.28. The summed E-state index contributed by atoms with van der Waals surface area (Å²) < 4.78 is 12.7. The van der Waals surface area contributed by atoms with Gasteiger partial charge in [0.2, 0.25) is 17.7 Å². The number of carbonyl (C=O) groups excluding carboxylic acids is 4. The Kier molecular flexibility index (Phi) is 9.37. The molecule has 1 spiro atoms. The lowest BCUT2D eigenvalue weighted by atomic mass is 9.74. The molecular weight excluding hydrogens is 586 g/mol. The summed E-state index contributed by atoms with van der Waals surface area (Å²) in [5.74, 6) is -3.34. The van der Waals surface area contributed by atoms with Gasteiger partial charge in [0.1, 0.15) is 23.7 Å². The van der Waals surface area contributed by atoms with Gasteiger partial charge in [0, 0.05) is 32.7 Å². The van der Waals surface area contributed by atoms with Gasteiger partial charge in [-0.3, -0.25) is 19.2 Å². The number of fused-ring (bicyclic) bond motifs is 2. The number of nitrogens with zero attached hydrogens (tertiary/aromatic N) is 2. The Morgan fingerprint density at radius 3 is 2.43 bits per heavy atom. The first-order chi connectivity index (χ1) is 22.3. The minimum Gasteiger partial charge on any atom is -0.455 e. The maximum atomic E-state index is 14.7. The molecule has 2 aromatic rings. The van der Waals surface area contributed by atoms with E-state index in [-0.39, 0.29) is 43.8 Å². The van der Waals surface area contributed by atoms with Crippen LogP contribution in [0.2, 0.25) is 0 Å². The number of aliphatic hydroxyl groups is 1. The summed E-state index contributed by atoms with van der Waals surface area (Å²) in [5, 5.41) is 12.5. The number of likely N-dealkylation sites (tertiary alicyclic amines) is 1. The molecule has 3 amide bonds. The van der Waals surface area contributed by atoms with Gasteiger partial charge >= 0.3 is 5.97 Å². The van der Waals surface area contributed by atoms with Crippen molar-refractivity contribution in [2.45, 2.75) is 69.0 Å². The van der Waals surface area contributed by atoms with Crippen molar-refractivity contribution in [3.63, 3.8) is 0 Å². The number of allylic oxidation sites excluding steroid dienone is 1. The lowest BCUT2D eigenvalue weighted by Crippen LogP contribution is -2.55. The molecule has 0 radical (unpaired) electrons. The highest BCUT2D eigenvalue weighted by molar-refractivity contribution is 5.99. The van der Waals surface area contributed by atoms with Gasteiger partial charge in [-0.05, 0) is 37.3 Å². The fraction of sp³-hybridized carbons (Fsp3) is 0.444. The number of amides is 3. The van der Waals surface area contributed by atoms with Gasteiger partial charge in [0.05, 0.1) is 18.1 Å². The van der Waals surface area contributed by atoms with E-state index in [1.54, 1.807) is 28.9 Å². The summed E-state index contributed by atoms with van der Waals surface area (Å²) in [6.45, 7) is 2.56. The molecule has 6 rings (SSSR count). The highest BCUT2D eigenvalue weighted by Crippen LogP contribution is 2.56. The zero-order valence-electron chi connectivity index (χ0n) is 26.0. The number of hydrogen-bond acceptors (Lipinski definition) is 7. The molecule has 0 aliphatic carbocycles. The predicted octanol–water partition coefficient (Wildman–Crippen LogP) is 3.08. The zero-order chi connectivity index (χ0) is 32.3. The molecule has 0 saturated carbocycles. The van der Waals surface area contributed by atoms with Crippen LogP contribution in [0, 0.1) is 11.8 Å². The summed E-state index contributed by atoms with van der Waals surface area (Å²) in [5.41, 5.74) is 0.300. The van der Waals surface area contributed by atoms with Crippen LogP contribution in [0.5, 0.6) is 0 Å². The Morgan fingerprint density at radius 1 is 0.957 bits per heavy atom. The summed E-state index contributed by atoms with van der Waals surface area (Å²) in [6, 6.07) is 17.3. The third-order valence-corrected chi connectivity index (χ3v) is 9.46. The van der Waals surface area contributed by atoms with Crippen LogP contribution in [-0.4, -0.2) is 82.1 Å². The second-order valence-corrected chi connectivity index (χ2v) is 12.5. The molecule has 10 nitrogen and oxygen atoms in total. The quantitative estimate of drug-likeness (QED) is 0.275. The lowest BCUT2D eigenvalue weighted by molar-refractivity contribution is -0.161. The number of aliphatic hydroxyl groups excluding tert-OH is 1. The van der Waals surface area contributed by atoms with E-state index in [2.05, 4.69) is 5.32 Å². The average Bonchev–Trinajstić information content (AvgIpc) is 3.70. The molecule has 4 heterocycles. The van der Waals surface area contributed by atoms with E-state index in [9.17, 15) is 24.3 Å². The van der Waals surface area contributed by atoms with E-state index in [1.165, 1.54) is 0 Å². The minimum atomic E-state index is -1.34. The number of carbonyl (C=O) groups is 4. The lowest BCUT2D eigenvalue weighted by Gasteiger charge is -2.36. The summed E-state index contributed by atoms with van der Waals surface area (Å²) in [6.07, 6.45) is 7.42. The van der Waals surface area contributed by atoms with Crippen LogP contribution in [0.4, 0.5) is 0 Å². The smallest absolute Gasteiger partial charge is 0.313 e. The van der Waals surface area contributed by atoms with Crippen molar-refractivity contribution in [1.29, 1.82) is 0 Å². The van der Waals surface area contributed by atoms with E-state index in [4.69, 9.17) is 9.47 Å². The van der Waals surface area contributed by atoms with Crippen molar-refractivity contribution in [2.75, 3.05) is 19.7 Å². The molecule has 4 aliphatic heterocycles. The highest BCUT2D eigenvalue weighted by Gasteiger charge is 2.73. The molecule has 5 bridgehead atoms. The predicted molar refractivity (Wildman–Crippen MR) is 169 cm³/mol. The molecule has 2 saturated heterocycles. The number of cyclic esters (lactones) is 1. The van der Waals surface area contributed by atoms with Crippen LogP contribution in [0.1, 0.15) is 49.8 Å². The van der Waals surface area contributed by atoms with Crippen molar-refractivity contribution in [2.24, 2.45) is 11.8 Å². The molecule has 7 atom stereocenters. The zero-order valence-corrected chi connectivity index (χ0v) is 26.0. The van der Waals surface area contributed by atoms with E-state index in [0.717, 1.165) is 5.56 Å². The van der Waals surface area contributed by atoms with Crippen molar-refractivity contribution in [1.82, 2.24) is 15.1 Å². The van der Waals surface area contributed by atoms with E-state index >= 15 is 0 Å². The summed E-state index contributed by atoms with van der Waals surface area (Å²) in [4.78, 5) is 59.3. The van der Waals surface area contributed by atoms with Gasteiger partial charge in [-0.15, -0.1) is 0 Å². The van der Waals surface area contributed by atoms with Crippen LogP contribution in [-0.2, 0) is 35.2 Å². The second-order valence-electron chi connectivity index (χ2n) is 12.5. The first-order valence-corrected chi connectivity index (χ1v) is 16.1. The SMILES string of the molecule is C[C@H]1NC(=O)CC/C=C\CN(Cc2ccccc2)C(=O)[C@@H]2N(CCCCO)C(=O)[C@H]3[C@H](C(=O)O[C@@H]1c1ccccc1)[C@@H]1C=C[C@]23O1. The Balaban J connectivity index is 1.40. The van der Waals surface area contributed by atoms with Gasteiger partial charge in [-0.1, -0.05) is 85.0 Å². The third-order valence-electron chi connectivity index (χ3n) is 9.46. The van der Waals surface area contributed by atoms with Gasteiger partial charge in [0.25, 0.3) is 0 Å². The number of esters is 1. The number of rotatable bonds is 7. The Morgan fingerprint density at radius 2 is 1.70 bits per heavy atom. The molecule has 0 aromatic heterocycles. The fourth-order valence-electron chi connectivity index (χ4n) is 7.30. The van der Waals surface area contributed by atoms with Crippen LogP contribution in [0.3, 0.4) is 0 Å². The van der Waals surface area contributed by atoms with Crippen LogP contribution in [0.25, 0.3) is 0 Å². The van der Waals surface area contributed by atoms with E-state index in [0.29, 0.717) is 31.4 Å². The highest BCUT2D eigenvalue weighted by atomic mass is 16.6. The van der Waals surface area contributed by atoms with Crippen LogP contribution < -0.4 is 5.32 Å². The third kappa shape index (κ3) is 5.99. The standard InChI is InChI=1S/C36H41N3O7/c1-24-31(26-15-7-3-8-16-26)45-35(44)29-27-18-19-36(46-27)30(29)33(42)39(21-11-12-22-40)32(36)34(43)38(23-25-13-5-2-6-14-25)20-10-4-9-17-28(41)37-24/h2-8,10,13-16,18-19,24,27,29-32,40H,9,11-12,17,20-23H2,1H3,(H,37,41)/b10-4-/t24-,27+,29-,30-,31+,32+,36-/m1/s1. The molecule has 2 N–H and O–H groups in total. The van der Waals surface area contributed by atoms with Crippen LogP contribution in [0.15, 0.2) is 85.0 Å². The van der Waals surface area contributed by atoms with Crippen molar-refractivity contribution >= 4 is 23.7 Å². The molecule has 10 heteroatoms. The number of benzene rings is 2. The molecule has 4 aliphatic rings. The second kappa shape index (κ2) is 13.6. The van der Waals surface area contributed by atoms with Crippen molar-refractivity contribution in [3.8, 4) is 0 Å². The monoisotopic (exact) mass is 627 g/mol. The number of hydrogen-bond donors (Lipinski definition) is 2. The largest absolute Gasteiger partial charge is 0.455 e. The topological polar surface area (TPSA) is 125 Å². The molecular formula is C36H41N3O7. The molecule has 0 unspecified atom stereocenters. The number of nitrogens with one attached hydrogen (secondary N) is 1. The summed E-state index contributed by atoms with van der Waals surface area (Å²) in [7, 11) is 0. The minimum absolute atomic E-state index is 0.0385. The average molecular weight is 628 g/mol. The molecule has 2 aromatic carbocycles. The maximum Gasteiger partial charge on any atom is 0.313 e. The molecule has 2 fully saturated rings. The van der Waals surface area contributed by atoms with Gasteiger partial charge in [-0.25, -0.2) is 0 Å². The Bertz CT molecular complexity index is 1500. The van der Waals surface area contributed by atoms with Gasteiger partial charge < -0.3 is 29.7 Å². The van der Waals surface area contributed by atoms with Gasteiger partial charge in [0.15, 0.2) is 0 Å². The maximum absolute atomic E-state index is 14.7. The van der Waals surface area contributed by atoms with Crippen molar-refractivity contribution in [3.05, 3.63) is 96.1 Å². The van der Waals surface area contributed by atoms with Crippen LogP contribution >= 0.6 is 0 Å². The Labute approximate surface area is 269 Å². The molecule has 242 valence electrons. The van der Waals surface area contributed by atoms with Crippen molar-refractivity contribution < 1.29 is 33.8 Å². The van der Waals surface area contributed by atoms with Gasteiger partial charge in [-0.2, -0.15) is 0 Å². The van der Waals surface area contributed by atoms with E-state index < -0.39 is 47.7 Å². The normalized spacial score (nSPS) is 32.0. The first-order valence-electron chi connectivity index (χ1n) is 16.1. The fourth-order valence-corrected chi connectivity index (χ4v) is 7.30. The molecule has 46 heavy (non-hydrogen) atoms.